The molecule has 0 saturated carbocycles. The highest BCUT2D eigenvalue weighted by Crippen LogP contribution is 2.40. The van der Waals surface area contributed by atoms with E-state index in [1.54, 1.807) is 19.2 Å². The number of rotatable bonds is 6. The molecule has 0 saturated heterocycles. The Bertz CT molecular complexity index is 1410. The summed E-state index contributed by atoms with van der Waals surface area (Å²) in [5.41, 5.74) is 3.24. The first-order valence-electron chi connectivity index (χ1n) is 11.5. The summed E-state index contributed by atoms with van der Waals surface area (Å²) in [6, 6.07) is 15.8. The molecule has 1 aliphatic rings. The van der Waals surface area contributed by atoms with E-state index in [1.807, 2.05) is 42.6 Å². The summed E-state index contributed by atoms with van der Waals surface area (Å²) in [5.74, 6) is -0.567. The van der Waals surface area contributed by atoms with E-state index >= 15 is 0 Å². The highest BCUT2D eigenvalue weighted by atomic mass is 32.1. The average molecular weight is 503 g/mol. The third-order valence-electron chi connectivity index (χ3n) is 5.93. The van der Waals surface area contributed by atoms with Gasteiger partial charge in [0.1, 0.15) is 22.6 Å². The van der Waals surface area contributed by atoms with Crippen molar-refractivity contribution in [3.63, 3.8) is 0 Å². The zero-order valence-corrected chi connectivity index (χ0v) is 20.5. The van der Waals surface area contributed by atoms with Crippen molar-refractivity contribution >= 4 is 34.5 Å². The minimum Gasteiger partial charge on any atom is -0.478 e. The van der Waals surface area contributed by atoms with Crippen LogP contribution in [0.5, 0.6) is 5.75 Å². The number of hydrogen-bond acceptors (Lipinski definition) is 6. The normalized spacial score (nSPS) is 15.7. The smallest absolute Gasteiger partial charge is 0.268 e. The Hall–Kier alpha value is -4.11. The Morgan fingerprint density at radius 1 is 1.17 bits per heavy atom. The van der Waals surface area contributed by atoms with E-state index in [-0.39, 0.29) is 5.91 Å². The standard InChI is InChI=1S/C27H23FN4O3S/c1-3-23-27(34)32(16(2)25(33)30-19-10-8-18(28)9-11-19)22-14-17(7-12-24(22)35-23)21-15-36-26(31-21)20-6-4-5-13-29-20/h4-16,23H,3H2,1-2H3,(H,30,33). The zero-order valence-electron chi connectivity index (χ0n) is 19.6. The lowest BCUT2D eigenvalue weighted by molar-refractivity contribution is -0.129. The van der Waals surface area contributed by atoms with Gasteiger partial charge < -0.3 is 10.1 Å². The molecule has 1 aliphatic heterocycles. The van der Waals surface area contributed by atoms with Crippen molar-refractivity contribution in [1.29, 1.82) is 0 Å². The number of amides is 2. The summed E-state index contributed by atoms with van der Waals surface area (Å²) < 4.78 is 19.2. The van der Waals surface area contributed by atoms with Crippen molar-refractivity contribution in [2.24, 2.45) is 0 Å². The molecule has 0 spiro atoms. The van der Waals surface area contributed by atoms with Crippen molar-refractivity contribution in [1.82, 2.24) is 9.97 Å². The molecule has 36 heavy (non-hydrogen) atoms. The highest BCUT2D eigenvalue weighted by molar-refractivity contribution is 7.13. The predicted octanol–water partition coefficient (Wildman–Crippen LogP) is 5.54. The maximum absolute atomic E-state index is 13.3. The maximum atomic E-state index is 13.3. The largest absolute Gasteiger partial charge is 0.478 e. The number of hydrogen-bond donors (Lipinski definition) is 1. The fraction of sp³-hybridized carbons (Fsp3) is 0.185. The molecule has 0 radical (unpaired) electrons. The Labute approximate surface area is 211 Å². The van der Waals surface area contributed by atoms with Crippen LogP contribution in [0.1, 0.15) is 20.3 Å². The van der Waals surface area contributed by atoms with Crippen LogP contribution < -0.4 is 15.0 Å². The van der Waals surface area contributed by atoms with Crippen LogP contribution in [-0.2, 0) is 9.59 Å². The third-order valence-corrected chi connectivity index (χ3v) is 6.80. The summed E-state index contributed by atoms with van der Waals surface area (Å²) in [4.78, 5) is 37.0. The first kappa shape index (κ1) is 23.6. The van der Waals surface area contributed by atoms with Crippen LogP contribution in [0.25, 0.3) is 22.0 Å². The van der Waals surface area contributed by atoms with Gasteiger partial charge in [0.05, 0.1) is 17.1 Å². The van der Waals surface area contributed by atoms with Gasteiger partial charge in [-0.1, -0.05) is 13.0 Å². The molecule has 2 atom stereocenters. The Morgan fingerprint density at radius 3 is 2.69 bits per heavy atom. The molecule has 0 fully saturated rings. The van der Waals surface area contributed by atoms with Gasteiger partial charge in [-0.15, -0.1) is 11.3 Å². The van der Waals surface area contributed by atoms with Crippen molar-refractivity contribution < 1.29 is 18.7 Å². The molecule has 4 aromatic rings. The Kier molecular flexibility index (Phi) is 6.47. The lowest BCUT2D eigenvalue weighted by atomic mass is 10.0. The molecule has 2 amide bonds. The highest BCUT2D eigenvalue weighted by Gasteiger charge is 2.38. The van der Waals surface area contributed by atoms with Gasteiger partial charge in [-0.05, 0) is 67.9 Å². The number of benzene rings is 2. The van der Waals surface area contributed by atoms with Gasteiger partial charge in [-0.2, -0.15) is 0 Å². The number of thiazole rings is 1. The molecule has 2 aromatic carbocycles. The summed E-state index contributed by atoms with van der Waals surface area (Å²) in [7, 11) is 0. The molecule has 2 unspecified atom stereocenters. The van der Waals surface area contributed by atoms with Gasteiger partial charge in [0.2, 0.25) is 5.91 Å². The van der Waals surface area contributed by atoms with E-state index in [9.17, 15) is 14.0 Å². The maximum Gasteiger partial charge on any atom is 0.268 e. The van der Waals surface area contributed by atoms with Crippen LogP contribution in [-0.4, -0.2) is 33.9 Å². The number of carbonyl (C=O) groups excluding carboxylic acids is 2. The van der Waals surface area contributed by atoms with Crippen LogP contribution in [0.15, 0.2) is 72.2 Å². The van der Waals surface area contributed by atoms with Gasteiger partial charge in [-0.25, -0.2) is 9.37 Å². The van der Waals surface area contributed by atoms with E-state index in [0.29, 0.717) is 23.5 Å². The Balaban J connectivity index is 1.47. The second-order valence-corrected chi connectivity index (χ2v) is 9.19. The number of carbonyl (C=O) groups is 2. The van der Waals surface area contributed by atoms with E-state index in [0.717, 1.165) is 22.0 Å². The minimum absolute atomic E-state index is 0.295. The van der Waals surface area contributed by atoms with Crippen LogP contribution in [0.4, 0.5) is 15.8 Å². The van der Waals surface area contributed by atoms with E-state index in [2.05, 4.69) is 10.3 Å². The van der Waals surface area contributed by atoms with E-state index in [4.69, 9.17) is 9.72 Å². The van der Waals surface area contributed by atoms with Gasteiger partial charge in [0.25, 0.3) is 5.91 Å². The predicted molar refractivity (Wildman–Crippen MR) is 137 cm³/mol. The second kappa shape index (κ2) is 9.87. The summed E-state index contributed by atoms with van der Waals surface area (Å²) in [5, 5.41) is 5.47. The van der Waals surface area contributed by atoms with E-state index in [1.165, 1.54) is 40.5 Å². The molecule has 182 valence electrons. The fourth-order valence-corrected chi connectivity index (χ4v) is 4.81. The minimum atomic E-state index is -0.839. The molecule has 3 heterocycles. The van der Waals surface area contributed by atoms with Crippen LogP contribution >= 0.6 is 11.3 Å². The first-order chi connectivity index (χ1) is 17.4. The number of fused-ring (bicyclic) bond motifs is 1. The molecule has 0 bridgehead atoms. The van der Waals surface area contributed by atoms with Crippen molar-refractivity contribution in [2.45, 2.75) is 32.4 Å². The molecular weight excluding hydrogens is 479 g/mol. The molecule has 1 N–H and O–H groups in total. The van der Waals surface area contributed by atoms with Crippen LogP contribution in [0, 0.1) is 5.82 Å². The fourth-order valence-electron chi connectivity index (χ4n) is 4.01. The number of nitrogens with zero attached hydrogens (tertiary/aromatic N) is 3. The lowest BCUT2D eigenvalue weighted by Crippen LogP contribution is -2.53. The van der Waals surface area contributed by atoms with Gasteiger partial charge >= 0.3 is 0 Å². The first-order valence-corrected chi connectivity index (χ1v) is 12.4. The molecular formula is C27H23FN4O3S. The summed E-state index contributed by atoms with van der Waals surface area (Å²) in [6.07, 6.45) is 1.49. The summed E-state index contributed by atoms with van der Waals surface area (Å²) in [6.45, 7) is 3.52. The van der Waals surface area contributed by atoms with Crippen LogP contribution in [0.2, 0.25) is 0 Å². The molecule has 0 aliphatic carbocycles. The van der Waals surface area contributed by atoms with Gasteiger partial charge in [-0.3, -0.25) is 19.5 Å². The van der Waals surface area contributed by atoms with E-state index < -0.39 is 23.9 Å². The number of ether oxygens (including phenoxy) is 1. The number of nitrogens with one attached hydrogen (secondary N) is 1. The number of anilines is 2. The SMILES string of the molecule is CCC1Oc2ccc(-c3csc(-c4ccccn4)n3)cc2N(C(C)C(=O)Nc2ccc(F)cc2)C1=O. The second-order valence-electron chi connectivity index (χ2n) is 8.33. The van der Waals surface area contributed by atoms with Crippen molar-refractivity contribution in [2.75, 3.05) is 10.2 Å². The lowest BCUT2D eigenvalue weighted by Gasteiger charge is -2.37. The summed E-state index contributed by atoms with van der Waals surface area (Å²) >= 11 is 1.48. The zero-order chi connectivity index (χ0) is 25.2. The van der Waals surface area contributed by atoms with Gasteiger partial charge in [0, 0.05) is 22.8 Å². The monoisotopic (exact) mass is 502 g/mol. The number of halogens is 1. The Morgan fingerprint density at radius 2 is 1.97 bits per heavy atom. The third kappa shape index (κ3) is 4.57. The number of pyridine rings is 1. The topological polar surface area (TPSA) is 84.4 Å². The quantitative estimate of drug-likeness (QED) is 0.374. The number of aromatic nitrogens is 2. The van der Waals surface area contributed by atoms with Crippen molar-refractivity contribution in [3.8, 4) is 27.7 Å². The van der Waals surface area contributed by atoms with Gasteiger partial charge in [0.15, 0.2) is 6.10 Å². The average Bonchev–Trinajstić information content (AvgIpc) is 3.40. The van der Waals surface area contributed by atoms with Crippen molar-refractivity contribution in [3.05, 3.63) is 78.1 Å². The molecule has 2 aromatic heterocycles. The van der Waals surface area contributed by atoms with Crippen LogP contribution in [0.3, 0.4) is 0 Å². The molecule has 9 heteroatoms. The molecule has 5 rings (SSSR count). The molecule has 7 nitrogen and oxygen atoms in total.